The number of hydrogen-bond acceptors (Lipinski definition) is 5. The largest absolute Gasteiger partial charge is 0.290 e. The molecule has 0 saturated carbocycles. The van der Waals surface area contributed by atoms with Crippen molar-refractivity contribution in [3.05, 3.63) is 71.4 Å². The molecular weight excluding hydrogens is 364 g/mol. The van der Waals surface area contributed by atoms with E-state index in [4.69, 9.17) is 0 Å². The van der Waals surface area contributed by atoms with Crippen molar-refractivity contribution in [2.45, 2.75) is 0 Å². The molecule has 1 aromatic carbocycles. The normalized spacial score (nSPS) is 10.5. The molecule has 0 spiro atoms. The van der Waals surface area contributed by atoms with Crippen LogP contribution >= 0.6 is 11.3 Å². The molecule has 0 aliphatic heterocycles. The summed E-state index contributed by atoms with van der Waals surface area (Å²) in [5, 5.41) is 15.5. The molecule has 8 nitrogen and oxygen atoms in total. The van der Waals surface area contributed by atoms with Gasteiger partial charge in [-0.05, 0) is 23.6 Å². The van der Waals surface area contributed by atoms with E-state index in [9.17, 15) is 9.59 Å². The molecule has 3 heterocycles. The van der Waals surface area contributed by atoms with Gasteiger partial charge in [0.15, 0.2) is 5.69 Å². The Morgan fingerprint density at radius 2 is 1.70 bits per heavy atom. The molecule has 4 rings (SSSR count). The Morgan fingerprint density at radius 1 is 0.889 bits per heavy atom. The fourth-order valence-electron chi connectivity index (χ4n) is 2.44. The SMILES string of the molecule is O=C(NNC(=O)c1cc(-c2ccccc2)n[nH]1)c1cc(-c2cccs2)[nH]n1. The van der Waals surface area contributed by atoms with Crippen LogP contribution < -0.4 is 10.9 Å². The van der Waals surface area contributed by atoms with Crippen LogP contribution in [0.25, 0.3) is 21.8 Å². The number of amides is 2. The molecule has 134 valence electrons. The van der Waals surface area contributed by atoms with Crippen LogP contribution in [0.3, 0.4) is 0 Å². The number of carbonyl (C=O) groups excluding carboxylic acids is 2. The smallest absolute Gasteiger partial charge is 0.276 e. The summed E-state index contributed by atoms with van der Waals surface area (Å²) in [4.78, 5) is 25.3. The Bertz CT molecular complexity index is 1070. The molecule has 3 aromatic heterocycles. The third kappa shape index (κ3) is 3.62. The van der Waals surface area contributed by atoms with Crippen LogP contribution in [0.5, 0.6) is 0 Å². The first-order valence-corrected chi connectivity index (χ1v) is 8.89. The van der Waals surface area contributed by atoms with Crippen LogP contribution in [-0.4, -0.2) is 32.2 Å². The molecule has 27 heavy (non-hydrogen) atoms. The van der Waals surface area contributed by atoms with Gasteiger partial charge in [-0.1, -0.05) is 36.4 Å². The van der Waals surface area contributed by atoms with E-state index >= 15 is 0 Å². The molecule has 4 aromatic rings. The maximum atomic E-state index is 12.2. The van der Waals surface area contributed by atoms with Crippen molar-refractivity contribution in [3.63, 3.8) is 0 Å². The fraction of sp³-hybridized carbons (Fsp3) is 0. The number of aromatic amines is 2. The number of nitrogens with zero attached hydrogens (tertiary/aromatic N) is 2. The summed E-state index contributed by atoms with van der Waals surface area (Å²) in [6, 6.07) is 16.5. The first-order valence-electron chi connectivity index (χ1n) is 8.01. The zero-order valence-corrected chi connectivity index (χ0v) is 14.7. The number of rotatable bonds is 4. The van der Waals surface area contributed by atoms with Crippen LogP contribution in [-0.2, 0) is 0 Å². The predicted octanol–water partition coefficient (Wildman–Crippen LogP) is 2.60. The van der Waals surface area contributed by atoms with Gasteiger partial charge < -0.3 is 0 Å². The Kier molecular flexibility index (Phi) is 4.50. The van der Waals surface area contributed by atoms with E-state index in [1.165, 1.54) is 11.3 Å². The topological polar surface area (TPSA) is 116 Å². The van der Waals surface area contributed by atoms with Crippen molar-refractivity contribution < 1.29 is 9.59 Å². The van der Waals surface area contributed by atoms with E-state index < -0.39 is 11.8 Å². The maximum Gasteiger partial charge on any atom is 0.290 e. The van der Waals surface area contributed by atoms with E-state index in [-0.39, 0.29) is 11.4 Å². The predicted molar refractivity (Wildman–Crippen MR) is 101 cm³/mol. The average molecular weight is 378 g/mol. The lowest BCUT2D eigenvalue weighted by molar-refractivity contribution is 0.0841. The summed E-state index contributed by atoms with van der Waals surface area (Å²) in [6.07, 6.45) is 0. The minimum absolute atomic E-state index is 0.174. The van der Waals surface area contributed by atoms with Gasteiger partial charge >= 0.3 is 0 Å². The minimum Gasteiger partial charge on any atom is -0.276 e. The van der Waals surface area contributed by atoms with Crippen molar-refractivity contribution in [2.24, 2.45) is 0 Å². The summed E-state index contributed by atoms with van der Waals surface area (Å²) < 4.78 is 0. The zero-order chi connectivity index (χ0) is 18.6. The van der Waals surface area contributed by atoms with Crippen molar-refractivity contribution in [1.82, 2.24) is 31.2 Å². The van der Waals surface area contributed by atoms with E-state index in [2.05, 4.69) is 31.2 Å². The number of aromatic nitrogens is 4. The molecule has 0 fully saturated rings. The fourth-order valence-corrected chi connectivity index (χ4v) is 3.13. The van der Waals surface area contributed by atoms with E-state index in [0.717, 1.165) is 16.1 Å². The summed E-state index contributed by atoms with van der Waals surface area (Å²) in [5.41, 5.74) is 7.35. The molecule has 0 aliphatic rings. The average Bonchev–Trinajstić information content (AvgIpc) is 3.47. The maximum absolute atomic E-state index is 12.2. The summed E-state index contributed by atoms with van der Waals surface area (Å²) >= 11 is 1.53. The lowest BCUT2D eigenvalue weighted by Crippen LogP contribution is -2.41. The van der Waals surface area contributed by atoms with Gasteiger partial charge in [0.25, 0.3) is 11.8 Å². The number of benzene rings is 1. The van der Waals surface area contributed by atoms with Crippen LogP contribution in [0.1, 0.15) is 21.0 Å². The van der Waals surface area contributed by atoms with Gasteiger partial charge in [-0.15, -0.1) is 11.3 Å². The van der Waals surface area contributed by atoms with Gasteiger partial charge in [0, 0.05) is 5.56 Å². The Morgan fingerprint density at radius 3 is 2.48 bits per heavy atom. The first-order chi connectivity index (χ1) is 13.2. The molecular formula is C18H14N6O2S. The van der Waals surface area contributed by atoms with Crippen molar-refractivity contribution >= 4 is 23.2 Å². The standard InChI is InChI=1S/C18H14N6O2S/c25-17(14-9-12(19-21-14)11-5-2-1-3-6-11)23-24-18(26)15-10-13(20-22-15)16-7-4-8-27-16/h1-10H,(H,19,21)(H,20,22)(H,23,25)(H,24,26). The van der Waals surface area contributed by atoms with Gasteiger partial charge in [-0.25, -0.2) is 0 Å². The van der Waals surface area contributed by atoms with E-state index in [1.54, 1.807) is 12.1 Å². The third-order valence-corrected chi connectivity index (χ3v) is 4.68. The lowest BCUT2D eigenvalue weighted by Gasteiger charge is -2.03. The van der Waals surface area contributed by atoms with Crippen LogP contribution in [0.2, 0.25) is 0 Å². The summed E-state index contributed by atoms with van der Waals surface area (Å²) in [7, 11) is 0. The molecule has 0 aliphatic carbocycles. The van der Waals surface area contributed by atoms with E-state index in [1.807, 2.05) is 47.8 Å². The molecule has 0 atom stereocenters. The van der Waals surface area contributed by atoms with Crippen molar-refractivity contribution in [1.29, 1.82) is 0 Å². The van der Waals surface area contributed by atoms with Gasteiger partial charge in [0.2, 0.25) is 0 Å². The van der Waals surface area contributed by atoms with Crippen LogP contribution in [0, 0.1) is 0 Å². The lowest BCUT2D eigenvalue weighted by atomic mass is 10.1. The van der Waals surface area contributed by atoms with Crippen LogP contribution in [0.15, 0.2) is 60.0 Å². The van der Waals surface area contributed by atoms with Gasteiger partial charge in [0.1, 0.15) is 5.69 Å². The number of hydrogen-bond donors (Lipinski definition) is 4. The summed E-state index contributed by atoms with van der Waals surface area (Å²) in [5.74, 6) is -1.03. The molecule has 0 bridgehead atoms. The molecule has 9 heteroatoms. The highest BCUT2D eigenvalue weighted by Crippen LogP contribution is 2.22. The highest BCUT2D eigenvalue weighted by Gasteiger charge is 2.15. The van der Waals surface area contributed by atoms with Crippen LogP contribution in [0.4, 0.5) is 0 Å². The number of nitrogens with one attached hydrogen (secondary N) is 4. The zero-order valence-electron chi connectivity index (χ0n) is 13.9. The Balaban J connectivity index is 1.38. The highest BCUT2D eigenvalue weighted by atomic mass is 32.1. The van der Waals surface area contributed by atoms with Gasteiger partial charge in [0.05, 0.1) is 16.3 Å². The van der Waals surface area contributed by atoms with Gasteiger partial charge in [-0.2, -0.15) is 10.2 Å². The third-order valence-electron chi connectivity index (χ3n) is 3.78. The molecule has 4 N–H and O–H groups in total. The number of thiophene rings is 1. The van der Waals surface area contributed by atoms with Crippen molar-refractivity contribution in [2.75, 3.05) is 0 Å². The summed E-state index contributed by atoms with van der Waals surface area (Å²) in [6.45, 7) is 0. The second-order valence-electron chi connectivity index (χ2n) is 5.59. The highest BCUT2D eigenvalue weighted by molar-refractivity contribution is 7.13. The number of hydrazine groups is 1. The van der Waals surface area contributed by atoms with Crippen molar-refractivity contribution in [3.8, 4) is 21.8 Å². The first kappa shape index (κ1) is 16.7. The quantitative estimate of drug-likeness (QED) is 0.409. The number of H-pyrrole nitrogens is 2. The number of carbonyl (C=O) groups is 2. The van der Waals surface area contributed by atoms with Gasteiger partial charge in [-0.3, -0.25) is 30.6 Å². The van der Waals surface area contributed by atoms with E-state index in [0.29, 0.717) is 5.69 Å². The Hall–Kier alpha value is -3.72. The monoisotopic (exact) mass is 378 g/mol. The molecule has 0 saturated heterocycles. The second-order valence-corrected chi connectivity index (χ2v) is 6.53. The minimum atomic E-state index is -0.523. The second kappa shape index (κ2) is 7.26. The molecule has 0 radical (unpaired) electrons. The molecule has 2 amide bonds. The Labute approximate surface area is 157 Å². The molecule has 0 unspecified atom stereocenters.